The van der Waals surface area contributed by atoms with Crippen molar-refractivity contribution in [1.82, 2.24) is 10.6 Å². The molecule has 0 spiro atoms. The van der Waals surface area contributed by atoms with Gasteiger partial charge in [-0.1, -0.05) is 0 Å². The van der Waals surface area contributed by atoms with Crippen LogP contribution in [0.2, 0.25) is 0 Å². The van der Waals surface area contributed by atoms with Crippen LogP contribution in [-0.4, -0.2) is 37.7 Å². The number of hydrogen-bond acceptors (Lipinski definition) is 3. The monoisotopic (exact) mass is 200 g/mol. The average molecular weight is 200 g/mol. The summed E-state index contributed by atoms with van der Waals surface area (Å²) in [4.78, 5) is 11.7. The van der Waals surface area contributed by atoms with Crippen LogP contribution in [-0.2, 0) is 9.53 Å². The smallest absolute Gasteiger partial charge is 0.251 e. The molecule has 0 saturated carbocycles. The van der Waals surface area contributed by atoms with E-state index >= 15 is 0 Å². The summed E-state index contributed by atoms with van der Waals surface area (Å²) in [5.74, 6) is -0.0336. The van der Waals surface area contributed by atoms with E-state index in [9.17, 15) is 4.79 Å². The molecule has 0 aromatic rings. The van der Waals surface area contributed by atoms with Crippen molar-refractivity contribution in [2.24, 2.45) is 0 Å². The molecule has 0 aliphatic carbocycles. The zero-order chi connectivity index (χ0) is 10.6. The van der Waals surface area contributed by atoms with E-state index in [1.807, 2.05) is 0 Å². The molecule has 82 valence electrons. The van der Waals surface area contributed by atoms with Gasteiger partial charge < -0.3 is 15.4 Å². The summed E-state index contributed by atoms with van der Waals surface area (Å²) in [6.07, 6.45) is 2.18. The molecule has 1 fully saturated rings. The number of carbonyl (C=O) groups is 1. The molecular formula is C10H20N2O2. The molecule has 1 amide bonds. The van der Waals surface area contributed by atoms with Crippen LogP contribution < -0.4 is 10.6 Å². The van der Waals surface area contributed by atoms with E-state index in [4.69, 9.17) is 4.74 Å². The van der Waals surface area contributed by atoms with E-state index < -0.39 is 5.60 Å². The Labute approximate surface area is 85.4 Å². The lowest BCUT2D eigenvalue weighted by Gasteiger charge is -2.28. The Balaban J connectivity index is 2.39. The van der Waals surface area contributed by atoms with Crippen molar-refractivity contribution >= 4 is 5.91 Å². The molecule has 14 heavy (non-hydrogen) atoms. The van der Waals surface area contributed by atoms with Gasteiger partial charge in [0.15, 0.2) is 0 Å². The van der Waals surface area contributed by atoms with E-state index in [1.54, 1.807) is 21.0 Å². The Morgan fingerprint density at radius 3 is 2.79 bits per heavy atom. The molecule has 1 saturated heterocycles. The molecule has 2 N–H and O–H groups in total. The first kappa shape index (κ1) is 11.5. The van der Waals surface area contributed by atoms with Gasteiger partial charge in [-0.3, -0.25) is 4.79 Å². The highest BCUT2D eigenvalue weighted by Crippen LogP contribution is 2.09. The summed E-state index contributed by atoms with van der Waals surface area (Å²) in [6.45, 7) is 5.47. The third-order valence-corrected chi connectivity index (χ3v) is 2.69. The Morgan fingerprint density at radius 1 is 1.57 bits per heavy atom. The molecule has 0 bridgehead atoms. The Hall–Kier alpha value is -0.610. The number of methoxy groups -OCH3 is 1. The van der Waals surface area contributed by atoms with E-state index in [1.165, 1.54) is 0 Å². The van der Waals surface area contributed by atoms with Crippen LogP contribution in [0.4, 0.5) is 0 Å². The van der Waals surface area contributed by atoms with Crippen LogP contribution in [0.15, 0.2) is 0 Å². The molecule has 4 heteroatoms. The highest BCUT2D eigenvalue weighted by Gasteiger charge is 2.29. The summed E-state index contributed by atoms with van der Waals surface area (Å²) in [5, 5.41) is 6.24. The first-order chi connectivity index (χ1) is 6.56. The molecule has 1 atom stereocenters. The minimum atomic E-state index is -0.725. The van der Waals surface area contributed by atoms with Crippen molar-refractivity contribution in [3.63, 3.8) is 0 Å². The predicted molar refractivity (Wildman–Crippen MR) is 55.1 cm³/mol. The van der Waals surface area contributed by atoms with Crippen LogP contribution in [0.5, 0.6) is 0 Å². The van der Waals surface area contributed by atoms with Gasteiger partial charge in [0.25, 0.3) is 5.91 Å². The van der Waals surface area contributed by atoms with E-state index in [0.717, 1.165) is 25.9 Å². The number of ether oxygens (including phenoxy) is 1. The fraction of sp³-hybridized carbons (Fsp3) is 0.900. The van der Waals surface area contributed by atoms with Gasteiger partial charge >= 0.3 is 0 Å². The number of hydrogen-bond donors (Lipinski definition) is 2. The number of carbonyl (C=O) groups excluding carboxylic acids is 1. The van der Waals surface area contributed by atoms with Gasteiger partial charge in [0, 0.05) is 19.7 Å². The van der Waals surface area contributed by atoms with Crippen molar-refractivity contribution in [3.8, 4) is 0 Å². The molecule has 1 aliphatic heterocycles. The third kappa shape index (κ3) is 2.96. The maximum absolute atomic E-state index is 11.7. The van der Waals surface area contributed by atoms with Crippen molar-refractivity contribution in [3.05, 3.63) is 0 Å². The van der Waals surface area contributed by atoms with Crippen molar-refractivity contribution in [1.29, 1.82) is 0 Å². The molecule has 1 unspecified atom stereocenters. The number of amides is 1. The van der Waals surface area contributed by atoms with Crippen molar-refractivity contribution < 1.29 is 9.53 Å². The maximum Gasteiger partial charge on any atom is 0.251 e. The van der Waals surface area contributed by atoms with Crippen molar-refractivity contribution in [2.45, 2.75) is 38.3 Å². The minimum Gasteiger partial charge on any atom is -0.369 e. The number of nitrogens with one attached hydrogen (secondary N) is 2. The molecule has 0 aromatic heterocycles. The average Bonchev–Trinajstić information content (AvgIpc) is 2.19. The summed E-state index contributed by atoms with van der Waals surface area (Å²) in [6, 6.07) is 0.255. The van der Waals surface area contributed by atoms with Gasteiger partial charge in [0.2, 0.25) is 0 Å². The zero-order valence-corrected chi connectivity index (χ0v) is 9.22. The van der Waals surface area contributed by atoms with Gasteiger partial charge in [-0.15, -0.1) is 0 Å². The van der Waals surface area contributed by atoms with Gasteiger partial charge in [-0.25, -0.2) is 0 Å². The molecule has 1 heterocycles. The lowest BCUT2D eigenvalue weighted by Crippen LogP contribution is -2.52. The second-order valence-corrected chi connectivity index (χ2v) is 4.23. The highest BCUT2D eigenvalue weighted by atomic mass is 16.5. The molecule has 0 aromatic carbocycles. The summed E-state index contributed by atoms with van der Waals surface area (Å²) >= 11 is 0. The first-order valence-corrected chi connectivity index (χ1v) is 5.13. The highest BCUT2D eigenvalue weighted by molar-refractivity contribution is 5.84. The van der Waals surface area contributed by atoms with Gasteiger partial charge in [-0.05, 0) is 33.2 Å². The molecule has 4 nitrogen and oxygen atoms in total. The lowest BCUT2D eigenvalue weighted by molar-refractivity contribution is -0.140. The Kier molecular flexibility index (Phi) is 3.89. The van der Waals surface area contributed by atoms with Crippen LogP contribution in [0.1, 0.15) is 26.7 Å². The van der Waals surface area contributed by atoms with Crippen LogP contribution in [0.25, 0.3) is 0 Å². The largest absolute Gasteiger partial charge is 0.369 e. The van der Waals surface area contributed by atoms with Crippen LogP contribution in [0.3, 0.4) is 0 Å². The second-order valence-electron chi connectivity index (χ2n) is 4.23. The Morgan fingerprint density at radius 2 is 2.29 bits per heavy atom. The molecule has 1 aliphatic rings. The van der Waals surface area contributed by atoms with Gasteiger partial charge in [0.05, 0.1) is 0 Å². The minimum absolute atomic E-state index is 0.0336. The van der Waals surface area contributed by atoms with Crippen LogP contribution in [0, 0.1) is 0 Å². The lowest BCUT2D eigenvalue weighted by atomic mass is 10.0. The molecule has 1 rings (SSSR count). The second kappa shape index (κ2) is 4.75. The SMILES string of the molecule is COC(C)(C)C(=O)NC1CCCNC1. The fourth-order valence-corrected chi connectivity index (χ4v) is 1.43. The number of piperidine rings is 1. The normalized spacial score (nSPS) is 23.2. The van der Waals surface area contributed by atoms with Crippen LogP contribution >= 0.6 is 0 Å². The quantitative estimate of drug-likeness (QED) is 0.688. The van der Waals surface area contributed by atoms with E-state index in [0.29, 0.717) is 0 Å². The topological polar surface area (TPSA) is 50.4 Å². The third-order valence-electron chi connectivity index (χ3n) is 2.69. The molecular weight excluding hydrogens is 180 g/mol. The molecule has 0 radical (unpaired) electrons. The Bertz CT molecular complexity index is 198. The van der Waals surface area contributed by atoms with Crippen molar-refractivity contribution in [2.75, 3.05) is 20.2 Å². The van der Waals surface area contributed by atoms with Gasteiger partial charge in [-0.2, -0.15) is 0 Å². The predicted octanol–water partition coefficient (Wildman–Crippen LogP) is 0.280. The zero-order valence-electron chi connectivity index (χ0n) is 9.22. The standard InChI is InChI=1S/C10H20N2O2/c1-10(2,14-3)9(13)12-8-5-4-6-11-7-8/h8,11H,4-7H2,1-3H3,(H,12,13). The number of rotatable bonds is 3. The van der Waals surface area contributed by atoms with E-state index in [2.05, 4.69) is 10.6 Å². The fourth-order valence-electron chi connectivity index (χ4n) is 1.43. The maximum atomic E-state index is 11.7. The van der Waals surface area contributed by atoms with Gasteiger partial charge in [0.1, 0.15) is 5.60 Å². The first-order valence-electron chi connectivity index (χ1n) is 5.13. The van der Waals surface area contributed by atoms with E-state index in [-0.39, 0.29) is 11.9 Å². The summed E-state index contributed by atoms with van der Waals surface area (Å²) < 4.78 is 5.11. The summed E-state index contributed by atoms with van der Waals surface area (Å²) in [5.41, 5.74) is -0.725. The summed E-state index contributed by atoms with van der Waals surface area (Å²) in [7, 11) is 1.55.